The number of carbonyl (C=O) groups is 1. The lowest BCUT2D eigenvalue weighted by atomic mass is 10.4. The van der Waals surface area contributed by atoms with Gasteiger partial charge in [-0.3, -0.25) is 4.79 Å². The number of nitrogens with zero attached hydrogens (tertiary/aromatic N) is 2. The van der Waals surface area contributed by atoms with Crippen LogP contribution in [0.1, 0.15) is 26.0 Å². The summed E-state index contributed by atoms with van der Waals surface area (Å²) in [5.41, 5.74) is 0.970. The second kappa shape index (κ2) is 7.00. The van der Waals surface area contributed by atoms with Crippen LogP contribution >= 0.6 is 0 Å². The van der Waals surface area contributed by atoms with Gasteiger partial charge in [-0.1, -0.05) is 6.92 Å². The van der Waals surface area contributed by atoms with E-state index in [2.05, 4.69) is 22.5 Å². The van der Waals surface area contributed by atoms with Crippen LogP contribution in [0.15, 0.2) is 12.5 Å². The first kappa shape index (κ1) is 12.7. The average molecular weight is 224 g/mol. The standard InChI is InChI=1S/C11H20N4O/c1-3-5-12-6-10-7-15(9-14-10)8-11(16)13-4-2/h7,9,12H,3-6,8H2,1-2H3,(H,13,16). The lowest BCUT2D eigenvalue weighted by molar-refractivity contribution is -0.121. The van der Waals surface area contributed by atoms with Gasteiger partial charge in [-0.2, -0.15) is 0 Å². The number of carbonyl (C=O) groups excluding carboxylic acids is 1. The maximum Gasteiger partial charge on any atom is 0.239 e. The van der Waals surface area contributed by atoms with E-state index in [0.29, 0.717) is 13.1 Å². The van der Waals surface area contributed by atoms with Crippen LogP contribution in [-0.2, 0) is 17.9 Å². The van der Waals surface area contributed by atoms with E-state index >= 15 is 0 Å². The summed E-state index contributed by atoms with van der Waals surface area (Å²) in [5, 5.41) is 6.02. The van der Waals surface area contributed by atoms with Crippen LogP contribution in [0.5, 0.6) is 0 Å². The molecule has 0 spiro atoms. The van der Waals surface area contributed by atoms with Crippen LogP contribution in [0.3, 0.4) is 0 Å². The molecule has 1 amide bonds. The molecule has 0 aliphatic heterocycles. The van der Waals surface area contributed by atoms with Gasteiger partial charge < -0.3 is 15.2 Å². The van der Waals surface area contributed by atoms with Crippen molar-refractivity contribution < 1.29 is 4.79 Å². The van der Waals surface area contributed by atoms with Crippen molar-refractivity contribution in [1.82, 2.24) is 20.2 Å². The first-order chi connectivity index (χ1) is 7.76. The van der Waals surface area contributed by atoms with E-state index in [1.54, 1.807) is 10.9 Å². The first-order valence-electron chi connectivity index (χ1n) is 5.74. The molecule has 1 heterocycles. The van der Waals surface area contributed by atoms with Crippen molar-refractivity contribution in [2.75, 3.05) is 13.1 Å². The van der Waals surface area contributed by atoms with Gasteiger partial charge in [0.15, 0.2) is 0 Å². The van der Waals surface area contributed by atoms with Crippen molar-refractivity contribution in [3.63, 3.8) is 0 Å². The third-order valence-electron chi connectivity index (χ3n) is 2.12. The molecule has 5 nitrogen and oxygen atoms in total. The van der Waals surface area contributed by atoms with Crippen LogP contribution in [0, 0.1) is 0 Å². The molecule has 0 saturated heterocycles. The summed E-state index contributed by atoms with van der Waals surface area (Å²) in [6.07, 6.45) is 4.70. The van der Waals surface area contributed by atoms with E-state index in [0.717, 1.165) is 25.2 Å². The summed E-state index contributed by atoms with van der Waals surface area (Å²) in [6.45, 7) is 6.79. The SMILES string of the molecule is CCCNCc1cn(CC(=O)NCC)cn1. The van der Waals surface area contributed by atoms with Crippen molar-refractivity contribution in [3.8, 4) is 0 Å². The number of likely N-dealkylation sites (N-methyl/N-ethyl adjacent to an activating group) is 1. The van der Waals surface area contributed by atoms with Crippen molar-refractivity contribution in [3.05, 3.63) is 18.2 Å². The number of amides is 1. The Morgan fingerprint density at radius 2 is 2.31 bits per heavy atom. The predicted octanol–water partition coefficient (Wildman–Crippen LogP) is 0.519. The van der Waals surface area contributed by atoms with Gasteiger partial charge >= 0.3 is 0 Å². The van der Waals surface area contributed by atoms with Crippen LogP contribution in [-0.4, -0.2) is 28.5 Å². The quantitative estimate of drug-likeness (QED) is 0.664. The average Bonchev–Trinajstić information content (AvgIpc) is 2.66. The molecule has 90 valence electrons. The van der Waals surface area contributed by atoms with Gasteiger partial charge in [-0.05, 0) is 19.9 Å². The van der Waals surface area contributed by atoms with Crippen LogP contribution < -0.4 is 10.6 Å². The van der Waals surface area contributed by atoms with E-state index in [1.165, 1.54) is 0 Å². The first-order valence-corrected chi connectivity index (χ1v) is 5.74. The minimum absolute atomic E-state index is 0.0213. The zero-order valence-electron chi connectivity index (χ0n) is 9.99. The Hall–Kier alpha value is -1.36. The lowest BCUT2D eigenvalue weighted by Gasteiger charge is -2.02. The molecule has 0 aliphatic rings. The number of imidazole rings is 1. The maximum atomic E-state index is 11.3. The molecule has 1 aromatic heterocycles. The summed E-state index contributed by atoms with van der Waals surface area (Å²) in [6, 6.07) is 0. The van der Waals surface area contributed by atoms with Crippen molar-refractivity contribution in [2.24, 2.45) is 0 Å². The Kier molecular flexibility index (Phi) is 5.56. The summed E-state index contributed by atoms with van der Waals surface area (Å²) in [4.78, 5) is 15.5. The number of hydrogen-bond donors (Lipinski definition) is 2. The number of rotatable bonds is 7. The Labute approximate surface area is 96.3 Å². The highest BCUT2D eigenvalue weighted by atomic mass is 16.1. The lowest BCUT2D eigenvalue weighted by Crippen LogP contribution is -2.26. The smallest absolute Gasteiger partial charge is 0.239 e. The summed E-state index contributed by atoms with van der Waals surface area (Å²) in [5.74, 6) is 0.0213. The summed E-state index contributed by atoms with van der Waals surface area (Å²) >= 11 is 0. The molecule has 0 fully saturated rings. The van der Waals surface area contributed by atoms with E-state index in [4.69, 9.17) is 0 Å². The second-order valence-corrected chi connectivity index (χ2v) is 3.67. The fourth-order valence-corrected chi connectivity index (χ4v) is 1.40. The Morgan fingerprint density at radius 1 is 1.50 bits per heavy atom. The molecule has 0 aromatic carbocycles. The van der Waals surface area contributed by atoms with Gasteiger partial charge in [0.05, 0.1) is 12.0 Å². The summed E-state index contributed by atoms with van der Waals surface area (Å²) < 4.78 is 1.80. The zero-order chi connectivity index (χ0) is 11.8. The zero-order valence-corrected chi connectivity index (χ0v) is 9.99. The monoisotopic (exact) mass is 224 g/mol. The van der Waals surface area contributed by atoms with Crippen molar-refractivity contribution in [1.29, 1.82) is 0 Å². The van der Waals surface area contributed by atoms with Crippen molar-refractivity contribution in [2.45, 2.75) is 33.4 Å². The van der Waals surface area contributed by atoms with Crippen molar-refractivity contribution >= 4 is 5.91 Å². The summed E-state index contributed by atoms with van der Waals surface area (Å²) in [7, 11) is 0. The molecular weight excluding hydrogens is 204 g/mol. The van der Waals surface area contributed by atoms with Gasteiger partial charge in [-0.25, -0.2) is 4.98 Å². The predicted molar refractivity (Wildman–Crippen MR) is 62.9 cm³/mol. The van der Waals surface area contributed by atoms with E-state index in [1.807, 2.05) is 13.1 Å². The third kappa shape index (κ3) is 4.44. The Balaban J connectivity index is 2.36. The molecule has 0 saturated carbocycles. The highest BCUT2D eigenvalue weighted by Gasteiger charge is 2.02. The highest BCUT2D eigenvalue weighted by molar-refractivity contribution is 5.75. The Morgan fingerprint density at radius 3 is 3.00 bits per heavy atom. The fraction of sp³-hybridized carbons (Fsp3) is 0.636. The number of aromatic nitrogens is 2. The molecule has 5 heteroatoms. The highest BCUT2D eigenvalue weighted by Crippen LogP contribution is 1.95. The van der Waals surface area contributed by atoms with E-state index in [9.17, 15) is 4.79 Å². The second-order valence-electron chi connectivity index (χ2n) is 3.67. The molecule has 0 radical (unpaired) electrons. The molecule has 1 rings (SSSR count). The minimum atomic E-state index is 0.0213. The third-order valence-corrected chi connectivity index (χ3v) is 2.12. The number of nitrogens with one attached hydrogen (secondary N) is 2. The Bertz CT molecular complexity index is 322. The van der Waals surface area contributed by atoms with E-state index < -0.39 is 0 Å². The molecule has 2 N–H and O–H groups in total. The van der Waals surface area contributed by atoms with Gasteiger partial charge in [0.2, 0.25) is 5.91 Å². The maximum absolute atomic E-state index is 11.3. The number of hydrogen-bond acceptors (Lipinski definition) is 3. The molecule has 0 atom stereocenters. The molecule has 0 unspecified atom stereocenters. The van der Waals surface area contributed by atoms with Gasteiger partial charge in [-0.15, -0.1) is 0 Å². The van der Waals surface area contributed by atoms with Gasteiger partial charge in [0, 0.05) is 19.3 Å². The molecule has 1 aromatic rings. The van der Waals surface area contributed by atoms with Crippen LogP contribution in [0.25, 0.3) is 0 Å². The molecule has 16 heavy (non-hydrogen) atoms. The molecule has 0 aliphatic carbocycles. The topological polar surface area (TPSA) is 59.0 Å². The van der Waals surface area contributed by atoms with E-state index in [-0.39, 0.29) is 5.91 Å². The normalized spacial score (nSPS) is 10.4. The van der Waals surface area contributed by atoms with Gasteiger partial charge in [0.1, 0.15) is 6.54 Å². The largest absolute Gasteiger partial charge is 0.355 e. The van der Waals surface area contributed by atoms with Crippen LogP contribution in [0.2, 0.25) is 0 Å². The van der Waals surface area contributed by atoms with Gasteiger partial charge in [0.25, 0.3) is 0 Å². The van der Waals surface area contributed by atoms with Crippen LogP contribution in [0.4, 0.5) is 0 Å². The molecular formula is C11H20N4O. The fourth-order valence-electron chi connectivity index (χ4n) is 1.40. The molecule has 0 bridgehead atoms. The minimum Gasteiger partial charge on any atom is -0.355 e.